The number of hydrogen-bond acceptors (Lipinski definition) is 11. The normalized spacial score (nSPS) is 14.2. The van der Waals surface area contributed by atoms with Crippen LogP contribution in [0.4, 0.5) is 0 Å². The average Bonchev–Trinajstić information content (AvgIpc) is 3.26. The molecule has 0 aliphatic carbocycles. The van der Waals surface area contributed by atoms with Crippen LogP contribution in [0.2, 0.25) is 0 Å². The third-order valence-electron chi connectivity index (χ3n) is 10.6. The van der Waals surface area contributed by atoms with Crippen LogP contribution in [0.15, 0.2) is 48.6 Å². The lowest BCUT2D eigenvalue weighted by Crippen LogP contribution is -2.30. The zero-order chi connectivity index (χ0) is 49.0. The Morgan fingerprint density at radius 3 is 1.59 bits per heavy atom. The summed E-state index contributed by atoms with van der Waals surface area (Å²) in [7, 11) is -9.77. The number of rotatable bonds is 47. The minimum absolute atomic E-state index is 0.0764. The summed E-state index contributed by atoms with van der Waals surface area (Å²) >= 11 is 0. The lowest BCUT2D eigenvalue weighted by molar-refractivity contribution is -0.161. The zero-order valence-electron chi connectivity index (χ0n) is 41.0. The fourth-order valence-electron chi connectivity index (χ4n) is 6.78. The Bertz CT molecular complexity index is 1420. The number of esters is 2. The molecule has 66 heavy (non-hydrogen) atoms. The summed E-state index contributed by atoms with van der Waals surface area (Å²) in [5.74, 6) is -0.636. The summed E-state index contributed by atoms with van der Waals surface area (Å²) in [5, 5.41) is 9.77. The number of phosphoric acid groups is 2. The number of unbranched alkanes of at least 4 members (excludes halogenated alkanes) is 20. The van der Waals surface area contributed by atoms with Crippen molar-refractivity contribution in [1.29, 1.82) is 0 Å². The molecule has 1 unspecified atom stereocenters. The fourth-order valence-corrected chi connectivity index (χ4v) is 7.94. The van der Waals surface area contributed by atoms with Crippen LogP contribution in [-0.2, 0) is 46.6 Å². The van der Waals surface area contributed by atoms with Gasteiger partial charge in [-0.05, 0) is 50.5 Å². The van der Waals surface area contributed by atoms with Crippen LogP contribution < -0.4 is 0 Å². The molecule has 0 aliphatic rings. The van der Waals surface area contributed by atoms with E-state index < -0.39 is 66.2 Å². The maximum Gasteiger partial charge on any atom is 0.472 e. The van der Waals surface area contributed by atoms with E-state index in [0.29, 0.717) is 6.42 Å². The van der Waals surface area contributed by atoms with Crippen molar-refractivity contribution in [3.05, 3.63) is 48.6 Å². The van der Waals surface area contributed by atoms with E-state index in [2.05, 4.69) is 54.1 Å². The molecular formula is C50H90O14P2. The summed E-state index contributed by atoms with van der Waals surface area (Å²) in [4.78, 5) is 65.2. The first kappa shape index (κ1) is 63.8. The lowest BCUT2D eigenvalue weighted by atomic mass is 10.0. The Morgan fingerprint density at radius 2 is 1.03 bits per heavy atom. The van der Waals surface area contributed by atoms with E-state index in [-0.39, 0.29) is 31.5 Å². The van der Waals surface area contributed by atoms with E-state index in [4.69, 9.17) is 23.8 Å². The molecule has 0 fully saturated rings. The Labute approximate surface area is 398 Å². The number of ketones is 1. The highest BCUT2D eigenvalue weighted by Gasteiger charge is 2.28. The molecule has 0 saturated carbocycles. The first-order valence-electron chi connectivity index (χ1n) is 25.1. The SMILES string of the molecule is CCCCC/C=C\C/C=C\C/C=C\C=C\C(=O)CCCC(=O)O[C@H](COC(=O)CCCCCCCCCCCCCCCCCCCCC(C)C)COP(=O)(O)OC[C@@H](O)COP(=O)(O)O. The molecule has 0 amide bonds. The van der Waals surface area contributed by atoms with Crippen molar-refractivity contribution in [3.63, 3.8) is 0 Å². The van der Waals surface area contributed by atoms with Gasteiger partial charge in [0.2, 0.25) is 0 Å². The van der Waals surface area contributed by atoms with Crippen LogP contribution in [-0.4, -0.2) is 76.1 Å². The zero-order valence-corrected chi connectivity index (χ0v) is 42.7. The van der Waals surface area contributed by atoms with Crippen LogP contribution in [0.25, 0.3) is 0 Å². The lowest BCUT2D eigenvalue weighted by Gasteiger charge is -2.20. The van der Waals surface area contributed by atoms with Gasteiger partial charge in [0.25, 0.3) is 0 Å². The molecule has 0 aromatic rings. The van der Waals surface area contributed by atoms with Gasteiger partial charge in [-0.3, -0.25) is 28.0 Å². The molecule has 0 aromatic heterocycles. The Morgan fingerprint density at radius 1 is 0.530 bits per heavy atom. The standard InChI is InChI=1S/C50H90O14P2/c1-4-5-6-7-8-9-10-17-21-24-27-30-33-37-46(51)38-35-40-50(54)64-48(44-63-66(58,59)62-42-47(52)41-61-65(55,56)57)43-60-49(53)39-34-31-28-25-22-19-16-14-12-11-13-15-18-20-23-26-29-32-36-45(2)3/h8-9,17,21,27,30,33,37,45,47-48,52H,4-7,10-16,18-20,22-26,28-29,31-32,34-36,38-44H2,1-3H3,(H,58,59)(H2,55,56,57)/b9-8-,21-17-,30-27-,37-33+/t47-,48+/m0/s1. The highest BCUT2D eigenvalue weighted by Crippen LogP contribution is 2.44. The van der Waals surface area contributed by atoms with Crippen molar-refractivity contribution in [2.45, 2.75) is 219 Å². The predicted molar refractivity (Wildman–Crippen MR) is 263 cm³/mol. The van der Waals surface area contributed by atoms with Gasteiger partial charge in [0.15, 0.2) is 11.9 Å². The van der Waals surface area contributed by atoms with Gasteiger partial charge in [-0.2, -0.15) is 0 Å². The quantitative estimate of drug-likeness (QED) is 0.0112. The van der Waals surface area contributed by atoms with Crippen molar-refractivity contribution in [3.8, 4) is 0 Å². The Balaban J connectivity index is 4.55. The molecule has 0 spiro atoms. The monoisotopic (exact) mass is 977 g/mol. The summed E-state index contributed by atoms with van der Waals surface area (Å²) < 4.78 is 47.7. The van der Waals surface area contributed by atoms with Gasteiger partial charge in [0.1, 0.15) is 12.7 Å². The summed E-state index contributed by atoms with van der Waals surface area (Å²) in [6.07, 6.45) is 42.5. The van der Waals surface area contributed by atoms with E-state index in [9.17, 15) is 33.5 Å². The number of phosphoric ester groups is 2. The molecule has 0 radical (unpaired) electrons. The first-order valence-corrected chi connectivity index (χ1v) is 28.2. The van der Waals surface area contributed by atoms with E-state index >= 15 is 0 Å². The van der Waals surface area contributed by atoms with Gasteiger partial charge in [-0.15, -0.1) is 0 Å². The predicted octanol–water partition coefficient (Wildman–Crippen LogP) is 12.8. The number of carbonyl (C=O) groups excluding carboxylic acids is 3. The van der Waals surface area contributed by atoms with Crippen LogP contribution in [0.1, 0.15) is 207 Å². The molecule has 3 atom stereocenters. The fraction of sp³-hybridized carbons (Fsp3) is 0.780. The third kappa shape index (κ3) is 48.2. The molecule has 16 heteroatoms. The van der Waals surface area contributed by atoms with Crippen LogP contribution in [0, 0.1) is 5.92 Å². The molecule has 0 heterocycles. The van der Waals surface area contributed by atoms with Crippen molar-refractivity contribution in [2.24, 2.45) is 5.92 Å². The molecule has 14 nitrogen and oxygen atoms in total. The minimum atomic E-state index is -4.89. The van der Waals surface area contributed by atoms with Crippen LogP contribution in [0.3, 0.4) is 0 Å². The van der Waals surface area contributed by atoms with Gasteiger partial charge >= 0.3 is 27.6 Å². The summed E-state index contributed by atoms with van der Waals surface area (Å²) in [6.45, 7) is 3.84. The van der Waals surface area contributed by atoms with Gasteiger partial charge < -0.3 is 29.3 Å². The second-order valence-corrected chi connectivity index (χ2v) is 20.3. The number of allylic oxidation sites excluding steroid dienone is 8. The largest absolute Gasteiger partial charge is 0.472 e. The topological polar surface area (TPSA) is 212 Å². The van der Waals surface area contributed by atoms with E-state index in [0.717, 1.165) is 44.4 Å². The Hall–Kier alpha value is -2.25. The first-order chi connectivity index (χ1) is 31.6. The van der Waals surface area contributed by atoms with E-state index in [1.54, 1.807) is 12.2 Å². The number of ether oxygens (including phenoxy) is 2. The molecule has 384 valence electrons. The van der Waals surface area contributed by atoms with Gasteiger partial charge in [0, 0.05) is 19.3 Å². The van der Waals surface area contributed by atoms with E-state index in [1.165, 1.54) is 122 Å². The molecule has 0 bridgehead atoms. The van der Waals surface area contributed by atoms with E-state index in [1.807, 2.05) is 6.08 Å². The molecule has 0 aliphatic heterocycles. The number of carbonyl (C=O) groups is 3. The number of aliphatic hydroxyl groups is 1. The summed E-state index contributed by atoms with van der Waals surface area (Å²) in [5.41, 5.74) is 0. The summed E-state index contributed by atoms with van der Waals surface area (Å²) in [6, 6.07) is 0. The second-order valence-electron chi connectivity index (χ2n) is 17.6. The van der Waals surface area contributed by atoms with Gasteiger partial charge in [-0.1, -0.05) is 192 Å². The van der Waals surface area contributed by atoms with Crippen LogP contribution >= 0.6 is 15.6 Å². The smallest absolute Gasteiger partial charge is 0.462 e. The maximum atomic E-state index is 12.7. The maximum absolute atomic E-state index is 12.7. The molecular weight excluding hydrogens is 886 g/mol. The van der Waals surface area contributed by atoms with Crippen molar-refractivity contribution < 1.29 is 66.3 Å². The molecule has 4 N–H and O–H groups in total. The van der Waals surface area contributed by atoms with Crippen LogP contribution in [0.5, 0.6) is 0 Å². The van der Waals surface area contributed by atoms with Gasteiger partial charge in [-0.25, -0.2) is 9.13 Å². The van der Waals surface area contributed by atoms with Crippen molar-refractivity contribution >= 4 is 33.4 Å². The molecule has 0 aromatic carbocycles. The van der Waals surface area contributed by atoms with Crippen molar-refractivity contribution in [1.82, 2.24) is 0 Å². The molecule has 0 rings (SSSR count). The van der Waals surface area contributed by atoms with Crippen molar-refractivity contribution in [2.75, 3.05) is 26.4 Å². The number of hydrogen-bond donors (Lipinski definition) is 4. The minimum Gasteiger partial charge on any atom is -0.462 e. The number of aliphatic hydroxyl groups excluding tert-OH is 1. The molecule has 0 saturated heterocycles. The third-order valence-corrected chi connectivity index (χ3v) is 12.1. The average molecular weight is 977 g/mol. The Kier molecular flexibility index (Phi) is 42.5. The second kappa shape index (κ2) is 44.0. The van der Waals surface area contributed by atoms with Gasteiger partial charge in [0.05, 0.1) is 19.8 Å². The highest BCUT2D eigenvalue weighted by molar-refractivity contribution is 7.47. The highest BCUT2D eigenvalue weighted by atomic mass is 31.2.